The van der Waals surface area contributed by atoms with E-state index in [-0.39, 0.29) is 23.2 Å². The molecule has 2 heterocycles. The van der Waals surface area contributed by atoms with E-state index >= 15 is 0 Å². The molecule has 1 aliphatic rings. The van der Waals surface area contributed by atoms with Gasteiger partial charge in [-0.25, -0.2) is 9.59 Å². The normalized spacial score (nSPS) is 16.6. The lowest BCUT2D eigenvalue weighted by atomic mass is 9.94. The highest BCUT2D eigenvalue weighted by Gasteiger charge is 2.23. The second-order valence-electron chi connectivity index (χ2n) is 8.91. The number of H-pyrrole nitrogens is 1. The largest absolute Gasteiger partial charge is 0.444 e. The Morgan fingerprint density at radius 3 is 2.69 bits per heavy atom. The molecule has 1 aliphatic carbocycles. The van der Waals surface area contributed by atoms with E-state index in [1.807, 2.05) is 27.7 Å². The van der Waals surface area contributed by atoms with E-state index in [4.69, 9.17) is 14.0 Å². The number of ether oxygens (including phenoxy) is 1. The molecule has 1 saturated carbocycles. The smallest absolute Gasteiger partial charge is 0.407 e. The number of hydrogen-bond acceptors (Lipinski definition) is 8. The lowest BCUT2D eigenvalue weighted by molar-refractivity contribution is 0.0498. The predicted molar refractivity (Wildman–Crippen MR) is 119 cm³/mol. The van der Waals surface area contributed by atoms with Crippen molar-refractivity contribution in [1.29, 1.82) is 0 Å². The van der Waals surface area contributed by atoms with Crippen molar-refractivity contribution < 1.29 is 18.8 Å². The summed E-state index contributed by atoms with van der Waals surface area (Å²) in [6.07, 6.45) is 4.55. The first-order valence-corrected chi connectivity index (χ1v) is 10.9. The van der Waals surface area contributed by atoms with Crippen molar-refractivity contribution in [2.75, 3.05) is 0 Å². The summed E-state index contributed by atoms with van der Waals surface area (Å²) in [5.74, 6) is 0. The van der Waals surface area contributed by atoms with Crippen molar-refractivity contribution in [3.8, 4) is 6.01 Å². The topological polar surface area (TPSA) is 136 Å². The molecule has 10 nitrogen and oxygen atoms in total. The Kier molecular flexibility index (Phi) is 7.32. The summed E-state index contributed by atoms with van der Waals surface area (Å²) >= 11 is 0. The van der Waals surface area contributed by atoms with Gasteiger partial charge in [-0.3, -0.25) is 9.78 Å². The van der Waals surface area contributed by atoms with E-state index < -0.39 is 22.9 Å². The van der Waals surface area contributed by atoms with Crippen molar-refractivity contribution in [2.24, 2.45) is 5.16 Å². The molecule has 3 rings (SSSR count). The van der Waals surface area contributed by atoms with Gasteiger partial charge in [-0.15, -0.1) is 0 Å². The molecular formula is C22H30N4O6. The fourth-order valence-corrected chi connectivity index (χ4v) is 3.51. The van der Waals surface area contributed by atoms with Crippen molar-refractivity contribution >= 4 is 22.9 Å². The van der Waals surface area contributed by atoms with E-state index in [9.17, 15) is 14.4 Å². The number of hydrogen-bond donors (Lipinski definition) is 2. The molecule has 0 aliphatic heterocycles. The number of rotatable bonds is 6. The van der Waals surface area contributed by atoms with Crippen LogP contribution in [0.3, 0.4) is 0 Å². The van der Waals surface area contributed by atoms with E-state index in [0.717, 1.165) is 18.6 Å². The fourth-order valence-electron chi connectivity index (χ4n) is 3.51. The number of fused-ring (bicyclic) bond motifs is 1. The minimum absolute atomic E-state index is 0.00165. The van der Waals surface area contributed by atoms with Crippen LogP contribution in [0.4, 0.5) is 4.79 Å². The second kappa shape index (κ2) is 9.97. The molecule has 0 radical (unpaired) electrons. The molecule has 0 aromatic carbocycles. The second-order valence-corrected chi connectivity index (χ2v) is 8.91. The maximum atomic E-state index is 12.6. The Morgan fingerprint density at radius 1 is 1.31 bits per heavy atom. The quantitative estimate of drug-likeness (QED) is 0.649. The number of amides is 1. The zero-order chi connectivity index (χ0) is 23.3. The molecule has 0 saturated heterocycles. The molecule has 2 N–H and O–H groups in total. The van der Waals surface area contributed by atoms with Crippen molar-refractivity contribution in [2.45, 2.75) is 84.3 Å². The average molecular weight is 447 g/mol. The third-order valence-corrected chi connectivity index (χ3v) is 5.02. The summed E-state index contributed by atoms with van der Waals surface area (Å²) in [5, 5.41) is 7.21. The van der Waals surface area contributed by atoms with Crippen LogP contribution in [0.5, 0.6) is 6.01 Å². The molecule has 1 fully saturated rings. The molecule has 0 unspecified atom stereocenters. The number of oxime groups is 1. The summed E-state index contributed by atoms with van der Waals surface area (Å²) in [6, 6.07) is 1.19. The Bertz CT molecular complexity index is 1100. The minimum atomic E-state index is -0.560. The number of nitrogens with zero attached hydrogens (tertiary/aromatic N) is 2. The van der Waals surface area contributed by atoms with Gasteiger partial charge in [0.2, 0.25) is 5.71 Å². The van der Waals surface area contributed by atoms with Crippen LogP contribution >= 0.6 is 0 Å². The molecule has 0 spiro atoms. The van der Waals surface area contributed by atoms with Gasteiger partial charge in [-0.2, -0.15) is 4.98 Å². The molecule has 10 heteroatoms. The van der Waals surface area contributed by atoms with Gasteiger partial charge in [-0.05, 0) is 64.9 Å². The predicted octanol–water partition coefficient (Wildman–Crippen LogP) is 3.42. The summed E-state index contributed by atoms with van der Waals surface area (Å²) in [7, 11) is 0. The average Bonchev–Trinajstić information content (AvgIpc) is 2.69. The van der Waals surface area contributed by atoms with Crippen LogP contribution in [-0.4, -0.2) is 33.4 Å². The first kappa shape index (κ1) is 23.5. The first-order chi connectivity index (χ1) is 15.1. The highest BCUT2D eigenvalue weighted by Crippen LogP contribution is 2.19. The Hall–Kier alpha value is -3.17. The standard InChI is InChI=1S/C22H30N4O6/c1-5-6-7-13-12-16(27)30-19-17(13)18(28)24-20(25-19)32-26-15-10-8-14(9-11-15)23-21(29)31-22(2,3)4/h12,14H,5-11H2,1-4H3,(H,23,29)(H,24,25,28). The molecule has 32 heavy (non-hydrogen) atoms. The lowest BCUT2D eigenvalue weighted by Crippen LogP contribution is -2.41. The molecular weight excluding hydrogens is 416 g/mol. The summed E-state index contributed by atoms with van der Waals surface area (Å²) in [5.41, 5.74) is -0.208. The van der Waals surface area contributed by atoms with E-state index in [1.165, 1.54) is 6.07 Å². The van der Waals surface area contributed by atoms with Gasteiger partial charge in [0.05, 0.1) is 5.71 Å². The molecule has 174 valence electrons. The van der Waals surface area contributed by atoms with Crippen LogP contribution in [0.1, 0.15) is 71.8 Å². The maximum absolute atomic E-state index is 12.6. The summed E-state index contributed by atoms with van der Waals surface area (Å²) in [6.45, 7) is 7.48. The van der Waals surface area contributed by atoms with Crippen molar-refractivity contribution in [3.63, 3.8) is 0 Å². The van der Waals surface area contributed by atoms with Gasteiger partial charge in [0.25, 0.3) is 5.56 Å². The van der Waals surface area contributed by atoms with Gasteiger partial charge in [0, 0.05) is 12.1 Å². The summed E-state index contributed by atoms with van der Waals surface area (Å²) < 4.78 is 10.4. The highest BCUT2D eigenvalue weighted by atomic mass is 16.6. The zero-order valence-electron chi connectivity index (χ0n) is 18.9. The number of aryl methyl sites for hydroxylation is 1. The number of carbonyl (C=O) groups excluding carboxylic acids is 1. The van der Waals surface area contributed by atoms with Crippen molar-refractivity contribution in [3.05, 3.63) is 32.4 Å². The number of aromatic amines is 1. The highest BCUT2D eigenvalue weighted by molar-refractivity contribution is 5.85. The number of alkyl carbamates (subject to hydrolysis) is 1. The zero-order valence-corrected chi connectivity index (χ0v) is 18.9. The number of carbonyl (C=O) groups is 1. The molecule has 2 aromatic rings. The Labute approximate surface area is 185 Å². The van der Waals surface area contributed by atoms with Gasteiger partial charge < -0.3 is 19.3 Å². The lowest BCUT2D eigenvalue weighted by Gasteiger charge is -2.26. The van der Waals surface area contributed by atoms with E-state index in [1.54, 1.807) is 0 Å². The van der Waals surface area contributed by atoms with Gasteiger partial charge in [0.1, 0.15) is 11.0 Å². The Morgan fingerprint density at radius 2 is 2.03 bits per heavy atom. The van der Waals surface area contributed by atoms with Crippen molar-refractivity contribution in [1.82, 2.24) is 15.3 Å². The van der Waals surface area contributed by atoms with Crippen LogP contribution in [0.15, 0.2) is 25.2 Å². The van der Waals surface area contributed by atoms with E-state index in [2.05, 4.69) is 20.4 Å². The van der Waals surface area contributed by atoms with Crippen LogP contribution in [0.2, 0.25) is 0 Å². The monoisotopic (exact) mass is 446 g/mol. The van der Waals surface area contributed by atoms with Gasteiger partial charge in [0.15, 0.2) is 0 Å². The minimum Gasteiger partial charge on any atom is -0.444 e. The van der Waals surface area contributed by atoms with Crippen LogP contribution in [0, 0.1) is 0 Å². The van der Waals surface area contributed by atoms with Crippen LogP contribution < -0.4 is 21.3 Å². The van der Waals surface area contributed by atoms with Gasteiger partial charge >= 0.3 is 17.7 Å². The number of nitrogens with one attached hydrogen (secondary N) is 2. The molecule has 2 aromatic heterocycles. The maximum Gasteiger partial charge on any atom is 0.407 e. The van der Waals surface area contributed by atoms with Crippen LogP contribution in [-0.2, 0) is 11.2 Å². The number of aromatic nitrogens is 2. The molecule has 0 atom stereocenters. The first-order valence-electron chi connectivity index (χ1n) is 10.9. The van der Waals surface area contributed by atoms with Gasteiger partial charge in [-0.1, -0.05) is 18.5 Å². The third kappa shape index (κ3) is 6.41. The molecule has 0 bridgehead atoms. The third-order valence-electron chi connectivity index (χ3n) is 5.02. The molecule has 1 amide bonds. The Balaban J connectivity index is 1.65. The van der Waals surface area contributed by atoms with Crippen LogP contribution in [0.25, 0.3) is 11.1 Å². The SMILES string of the molecule is CCCCc1cc(=O)oc2nc(ON=C3CCC(NC(=O)OC(C)(C)C)CC3)[nH]c(=O)c12. The number of unbranched alkanes of at least 4 members (excludes halogenated alkanes) is 1. The fraction of sp³-hybridized carbons (Fsp3) is 0.591. The summed E-state index contributed by atoms with van der Waals surface area (Å²) in [4.78, 5) is 48.3. The van der Waals surface area contributed by atoms with E-state index in [0.29, 0.717) is 37.7 Å².